The summed E-state index contributed by atoms with van der Waals surface area (Å²) < 4.78 is 1.80. The summed E-state index contributed by atoms with van der Waals surface area (Å²) in [7, 11) is 0. The van der Waals surface area contributed by atoms with Gasteiger partial charge in [0.2, 0.25) is 0 Å². The molecule has 0 aromatic rings. The van der Waals surface area contributed by atoms with Gasteiger partial charge in [0.1, 0.15) is 6.21 Å². The molecule has 0 aromatic carbocycles. The van der Waals surface area contributed by atoms with Crippen LogP contribution >= 0.6 is 11.8 Å². The number of thioether (sulfide) groups is 1. The number of hydrogen-bond donors (Lipinski definition) is 0. The maximum Gasteiger partial charge on any atom is 0.386 e. The van der Waals surface area contributed by atoms with Crippen LogP contribution in [0.1, 0.15) is 0 Å². The smallest absolute Gasteiger partial charge is 0.386 e. The number of halogens is 1. The molecule has 0 atom stereocenters. The maximum absolute atomic E-state index is 3.98. The maximum atomic E-state index is 3.98. The van der Waals surface area contributed by atoms with E-state index in [4.69, 9.17) is 0 Å². The zero-order valence-electron chi connectivity index (χ0n) is 4.49. The first-order chi connectivity index (χ1) is 3.97. The molecular weight excluding hydrogens is 158 g/mol. The SMILES string of the molecule is C1=N[N+]2=CCSC2=N1.[Cl-]. The molecule has 0 saturated heterocycles. The first-order valence-electron chi connectivity index (χ1n) is 2.32. The predicted molar refractivity (Wildman–Crippen MR) is 34.7 cm³/mol. The summed E-state index contributed by atoms with van der Waals surface area (Å²) in [5.41, 5.74) is 0. The van der Waals surface area contributed by atoms with Gasteiger partial charge in [0.15, 0.2) is 0 Å². The van der Waals surface area contributed by atoms with Crippen LogP contribution in [0.15, 0.2) is 10.1 Å². The van der Waals surface area contributed by atoms with Gasteiger partial charge in [-0.25, -0.2) is 0 Å². The van der Waals surface area contributed by atoms with Crippen molar-refractivity contribution in [1.29, 1.82) is 0 Å². The summed E-state index contributed by atoms with van der Waals surface area (Å²) in [5, 5.41) is 4.93. The monoisotopic (exact) mass is 161 g/mol. The summed E-state index contributed by atoms with van der Waals surface area (Å²) in [6.07, 6.45) is 3.57. The lowest BCUT2D eigenvalue weighted by molar-refractivity contribution is -0.394. The molecule has 0 aliphatic carbocycles. The largest absolute Gasteiger partial charge is 1.00 e. The van der Waals surface area contributed by atoms with Gasteiger partial charge in [-0.1, -0.05) is 4.68 Å². The number of rotatable bonds is 0. The third-order valence-electron chi connectivity index (χ3n) is 1.00. The fraction of sp³-hybridized carbons (Fsp3) is 0.250. The molecule has 9 heavy (non-hydrogen) atoms. The van der Waals surface area contributed by atoms with Crippen LogP contribution in [0, 0.1) is 0 Å². The van der Waals surface area contributed by atoms with Gasteiger partial charge in [-0.05, 0) is 21.9 Å². The van der Waals surface area contributed by atoms with Crippen molar-refractivity contribution in [1.82, 2.24) is 0 Å². The fourth-order valence-corrected chi connectivity index (χ4v) is 1.39. The van der Waals surface area contributed by atoms with Crippen molar-refractivity contribution >= 4 is 29.5 Å². The van der Waals surface area contributed by atoms with Crippen molar-refractivity contribution in [3.8, 4) is 0 Å². The van der Waals surface area contributed by atoms with Crippen LogP contribution in [-0.2, 0) is 0 Å². The molecule has 2 aliphatic rings. The van der Waals surface area contributed by atoms with Crippen LogP contribution in [-0.4, -0.2) is 28.2 Å². The molecule has 0 N–H and O–H groups in total. The Hall–Kier alpha value is -0.350. The summed E-state index contributed by atoms with van der Waals surface area (Å²) in [6.45, 7) is 0. The average Bonchev–Trinajstić information content (AvgIpc) is 2.15. The lowest BCUT2D eigenvalue weighted by Crippen LogP contribution is -3.00. The van der Waals surface area contributed by atoms with Gasteiger partial charge in [0, 0.05) is 0 Å². The molecule has 0 unspecified atom stereocenters. The molecule has 0 bridgehead atoms. The van der Waals surface area contributed by atoms with Gasteiger partial charge >= 0.3 is 5.17 Å². The molecule has 2 aliphatic heterocycles. The average molecular weight is 162 g/mol. The van der Waals surface area contributed by atoms with Crippen molar-refractivity contribution in [2.24, 2.45) is 10.1 Å². The van der Waals surface area contributed by atoms with Crippen LogP contribution in [0.4, 0.5) is 0 Å². The van der Waals surface area contributed by atoms with Crippen LogP contribution in [0.2, 0.25) is 0 Å². The van der Waals surface area contributed by atoms with E-state index < -0.39 is 0 Å². The zero-order valence-corrected chi connectivity index (χ0v) is 6.06. The van der Waals surface area contributed by atoms with Crippen LogP contribution in [0.25, 0.3) is 0 Å². The second-order valence-corrected chi connectivity index (χ2v) is 2.47. The molecular formula is C4H4ClN3S. The highest BCUT2D eigenvalue weighted by molar-refractivity contribution is 8.14. The zero-order chi connectivity index (χ0) is 5.40. The van der Waals surface area contributed by atoms with E-state index in [-0.39, 0.29) is 12.4 Å². The molecule has 0 saturated carbocycles. The van der Waals surface area contributed by atoms with E-state index in [1.165, 1.54) is 0 Å². The minimum absolute atomic E-state index is 0. The Morgan fingerprint density at radius 3 is 3.33 bits per heavy atom. The number of hydrazone groups is 1. The fourth-order valence-electron chi connectivity index (χ4n) is 0.650. The van der Waals surface area contributed by atoms with Crippen LogP contribution < -0.4 is 12.4 Å². The number of fused-ring (bicyclic) bond motifs is 1. The highest BCUT2D eigenvalue weighted by Crippen LogP contribution is 2.12. The first kappa shape index (κ1) is 6.77. The summed E-state index contributed by atoms with van der Waals surface area (Å²) >= 11 is 1.71. The van der Waals surface area contributed by atoms with Crippen LogP contribution in [0.5, 0.6) is 0 Å². The molecule has 48 valence electrons. The second-order valence-electron chi connectivity index (χ2n) is 1.48. The van der Waals surface area contributed by atoms with Crippen molar-refractivity contribution in [2.75, 3.05) is 5.75 Å². The van der Waals surface area contributed by atoms with E-state index in [2.05, 4.69) is 10.1 Å². The van der Waals surface area contributed by atoms with Crippen LogP contribution in [0.3, 0.4) is 0 Å². The lowest BCUT2D eigenvalue weighted by Gasteiger charge is -1.75. The van der Waals surface area contributed by atoms with Gasteiger partial charge in [0.05, 0.1) is 5.75 Å². The number of nitrogens with zero attached hydrogens (tertiary/aromatic N) is 3. The molecule has 2 rings (SSSR count). The van der Waals surface area contributed by atoms with Gasteiger partial charge in [-0.15, -0.1) is 0 Å². The predicted octanol–water partition coefficient (Wildman–Crippen LogP) is -2.87. The van der Waals surface area contributed by atoms with E-state index in [1.54, 1.807) is 22.8 Å². The Morgan fingerprint density at radius 1 is 1.67 bits per heavy atom. The molecule has 0 amide bonds. The number of aliphatic imine (C=N–C) groups is 1. The minimum atomic E-state index is 0. The minimum Gasteiger partial charge on any atom is -1.00 e. The third kappa shape index (κ3) is 0.997. The summed E-state index contributed by atoms with van der Waals surface area (Å²) in [6, 6.07) is 0. The van der Waals surface area contributed by atoms with Crippen molar-refractivity contribution in [3.63, 3.8) is 0 Å². The van der Waals surface area contributed by atoms with E-state index in [9.17, 15) is 0 Å². The Labute approximate surface area is 63.0 Å². The van der Waals surface area contributed by atoms with Crippen molar-refractivity contribution in [3.05, 3.63) is 0 Å². The number of hydrogen-bond acceptors (Lipinski definition) is 3. The highest BCUT2D eigenvalue weighted by atomic mass is 35.5. The Morgan fingerprint density at radius 2 is 2.56 bits per heavy atom. The Kier molecular flexibility index (Phi) is 1.87. The number of amidine groups is 1. The normalized spacial score (nSPS) is 20.4. The standard InChI is InChI=1S/C4H4N3S.ClH/c1-2-8-4-5-3-6-7(1)4;/h1,3H,2H2;1H/q+1;/p-1. The van der Waals surface area contributed by atoms with Gasteiger partial charge in [-0.3, -0.25) is 0 Å². The van der Waals surface area contributed by atoms with Crippen molar-refractivity contribution in [2.45, 2.75) is 0 Å². The quantitative estimate of drug-likeness (QED) is 0.351. The molecule has 0 radical (unpaired) electrons. The molecule has 2 heterocycles. The molecule has 0 fully saturated rings. The molecule has 3 nitrogen and oxygen atoms in total. The summed E-state index contributed by atoms with van der Waals surface area (Å²) in [5.74, 6) is 1.01. The lowest BCUT2D eigenvalue weighted by atomic mass is 10.9. The summed E-state index contributed by atoms with van der Waals surface area (Å²) in [4.78, 5) is 3.98. The third-order valence-corrected chi connectivity index (χ3v) is 1.87. The Balaban J connectivity index is 0.000000405. The second kappa shape index (κ2) is 2.49. The first-order valence-corrected chi connectivity index (χ1v) is 3.31. The van der Waals surface area contributed by atoms with Gasteiger partial charge in [-0.2, -0.15) is 0 Å². The molecule has 0 spiro atoms. The van der Waals surface area contributed by atoms with E-state index in [1.807, 2.05) is 6.21 Å². The van der Waals surface area contributed by atoms with E-state index in [0.29, 0.717) is 0 Å². The highest BCUT2D eigenvalue weighted by Gasteiger charge is 2.24. The van der Waals surface area contributed by atoms with Gasteiger partial charge < -0.3 is 12.4 Å². The molecule has 5 heteroatoms. The molecule has 0 aromatic heterocycles. The van der Waals surface area contributed by atoms with E-state index in [0.717, 1.165) is 10.9 Å². The van der Waals surface area contributed by atoms with Crippen molar-refractivity contribution < 1.29 is 17.1 Å². The Bertz CT molecular complexity index is 208. The topological polar surface area (TPSA) is 27.7 Å². The van der Waals surface area contributed by atoms with E-state index >= 15 is 0 Å². The van der Waals surface area contributed by atoms with Gasteiger partial charge in [0.25, 0.3) is 6.34 Å².